The maximum absolute atomic E-state index is 13.0. The Hall–Kier alpha value is -3.91. The van der Waals surface area contributed by atoms with E-state index in [0.29, 0.717) is 12.1 Å². The summed E-state index contributed by atoms with van der Waals surface area (Å²) in [6, 6.07) is 15.6. The number of carbonyl (C=O) groups excluding carboxylic acids is 2. The predicted molar refractivity (Wildman–Crippen MR) is 130 cm³/mol. The lowest BCUT2D eigenvalue weighted by atomic mass is 10.0. The highest BCUT2D eigenvalue weighted by Gasteiger charge is 2.18. The van der Waals surface area contributed by atoms with Crippen molar-refractivity contribution >= 4 is 17.6 Å². The number of aryl methyl sites for hydroxylation is 1. The highest BCUT2D eigenvalue weighted by Crippen LogP contribution is 2.14. The van der Waals surface area contributed by atoms with Gasteiger partial charge in [0.15, 0.2) is 0 Å². The van der Waals surface area contributed by atoms with E-state index in [2.05, 4.69) is 10.1 Å². The van der Waals surface area contributed by atoms with Gasteiger partial charge in [0.25, 0.3) is 5.56 Å². The average Bonchev–Trinajstić information content (AvgIpc) is 2.84. The van der Waals surface area contributed by atoms with Crippen LogP contribution in [0.2, 0.25) is 0 Å². The molecular formula is C26H29N3O5. The molecule has 0 radical (unpaired) electrons. The molecular weight excluding hydrogens is 434 g/mol. The van der Waals surface area contributed by atoms with Crippen molar-refractivity contribution in [2.24, 2.45) is 5.73 Å². The van der Waals surface area contributed by atoms with E-state index in [0.717, 1.165) is 22.4 Å². The first-order valence-corrected chi connectivity index (χ1v) is 10.8. The molecule has 1 atom stereocenters. The summed E-state index contributed by atoms with van der Waals surface area (Å²) in [5, 5.41) is 2.71. The number of pyridine rings is 1. The van der Waals surface area contributed by atoms with Crippen molar-refractivity contribution in [1.82, 2.24) is 4.57 Å². The van der Waals surface area contributed by atoms with E-state index >= 15 is 0 Å². The fourth-order valence-corrected chi connectivity index (χ4v) is 3.46. The van der Waals surface area contributed by atoms with Crippen molar-refractivity contribution in [3.8, 4) is 5.75 Å². The maximum Gasteiger partial charge on any atom is 0.309 e. The summed E-state index contributed by atoms with van der Waals surface area (Å²) in [6.45, 7) is 2.12. The number of nitrogens with zero attached hydrogens (tertiary/aromatic N) is 1. The average molecular weight is 464 g/mol. The second-order valence-corrected chi connectivity index (χ2v) is 8.02. The van der Waals surface area contributed by atoms with Crippen molar-refractivity contribution in [2.45, 2.75) is 32.4 Å². The van der Waals surface area contributed by atoms with E-state index in [9.17, 15) is 14.4 Å². The van der Waals surface area contributed by atoms with Crippen LogP contribution in [0.1, 0.15) is 22.3 Å². The van der Waals surface area contributed by atoms with Gasteiger partial charge in [0.05, 0.1) is 33.2 Å². The first kappa shape index (κ1) is 24.7. The van der Waals surface area contributed by atoms with Gasteiger partial charge in [-0.15, -0.1) is 0 Å². The van der Waals surface area contributed by atoms with Crippen LogP contribution in [0.15, 0.2) is 65.6 Å². The molecule has 0 aliphatic rings. The minimum absolute atomic E-state index is 0.180. The normalized spacial score (nSPS) is 11.5. The molecule has 0 bridgehead atoms. The van der Waals surface area contributed by atoms with Crippen LogP contribution in [0.5, 0.6) is 5.75 Å². The zero-order valence-corrected chi connectivity index (χ0v) is 19.5. The third kappa shape index (κ3) is 6.32. The van der Waals surface area contributed by atoms with Crippen LogP contribution in [0, 0.1) is 6.92 Å². The third-order valence-corrected chi connectivity index (χ3v) is 5.53. The molecule has 178 valence electrons. The number of methoxy groups -OCH3 is 2. The van der Waals surface area contributed by atoms with Crippen LogP contribution in [-0.4, -0.2) is 36.7 Å². The second-order valence-electron chi connectivity index (χ2n) is 8.02. The molecule has 0 aliphatic heterocycles. The molecule has 0 fully saturated rings. The van der Waals surface area contributed by atoms with E-state index < -0.39 is 11.9 Å². The number of anilines is 1. The minimum Gasteiger partial charge on any atom is -0.497 e. The number of carbonyl (C=O) groups is 2. The van der Waals surface area contributed by atoms with Gasteiger partial charge in [-0.2, -0.15) is 0 Å². The van der Waals surface area contributed by atoms with Gasteiger partial charge < -0.3 is 25.1 Å². The fourth-order valence-electron chi connectivity index (χ4n) is 3.46. The fraction of sp³-hybridized carbons (Fsp3) is 0.269. The number of amides is 1. The third-order valence-electron chi connectivity index (χ3n) is 5.53. The Balaban J connectivity index is 1.67. The molecule has 1 heterocycles. The van der Waals surface area contributed by atoms with Crippen LogP contribution in [0.25, 0.3) is 0 Å². The first-order chi connectivity index (χ1) is 16.3. The van der Waals surface area contributed by atoms with Gasteiger partial charge in [-0.3, -0.25) is 14.4 Å². The van der Waals surface area contributed by atoms with Crippen molar-refractivity contribution in [1.29, 1.82) is 0 Å². The largest absolute Gasteiger partial charge is 0.497 e. The highest BCUT2D eigenvalue weighted by atomic mass is 16.5. The number of aromatic nitrogens is 1. The molecule has 0 saturated carbocycles. The smallest absolute Gasteiger partial charge is 0.309 e. The summed E-state index contributed by atoms with van der Waals surface area (Å²) in [7, 11) is 2.94. The molecule has 1 aromatic heterocycles. The topological polar surface area (TPSA) is 113 Å². The molecule has 8 heteroatoms. The zero-order chi connectivity index (χ0) is 24.7. The Kier molecular flexibility index (Phi) is 8.21. The Morgan fingerprint density at radius 3 is 2.21 bits per heavy atom. The van der Waals surface area contributed by atoms with Gasteiger partial charge in [0.2, 0.25) is 5.91 Å². The number of nitrogens with one attached hydrogen (secondary N) is 1. The molecule has 1 amide bonds. The standard InChI is InChI=1S/C26H29N3O5/c1-17-12-13-29(16-20-8-10-21(33-2)11-9-20)26(32)24(17)28-25(31)22(27)14-18-4-6-19(7-5-18)15-23(30)34-3/h4-13,22H,14-16,27H2,1-3H3,(H,28,31)/t22-/m0/s1. The number of hydrogen-bond donors (Lipinski definition) is 2. The summed E-state index contributed by atoms with van der Waals surface area (Å²) in [5.41, 5.74) is 9.27. The van der Waals surface area contributed by atoms with Gasteiger partial charge in [-0.1, -0.05) is 36.4 Å². The Bertz CT molecular complexity index is 1200. The van der Waals surface area contributed by atoms with Gasteiger partial charge >= 0.3 is 5.97 Å². The van der Waals surface area contributed by atoms with E-state index in [1.165, 1.54) is 11.7 Å². The molecule has 8 nitrogen and oxygen atoms in total. The van der Waals surface area contributed by atoms with Gasteiger partial charge in [-0.25, -0.2) is 0 Å². The summed E-state index contributed by atoms with van der Waals surface area (Å²) in [4.78, 5) is 37.2. The molecule has 0 spiro atoms. The summed E-state index contributed by atoms with van der Waals surface area (Å²) >= 11 is 0. The lowest BCUT2D eigenvalue weighted by Gasteiger charge is -2.15. The molecule has 0 saturated heterocycles. The van der Waals surface area contributed by atoms with Crippen molar-refractivity contribution in [3.63, 3.8) is 0 Å². The summed E-state index contributed by atoms with van der Waals surface area (Å²) in [5.74, 6) is -0.0270. The quantitative estimate of drug-likeness (QED) is 0.472. The molecule has 2 aromatic carbocycles. The van der Waals surface area contributed by atoms with Gasteiger partial charge in [-0.05, 0) is 53.8 Å². The first-order valence-electron chi connectivity index (χ1n) is 10.8. The van der Waals surface area contributed by atoms with E-state index in [4.69, 9.17) is 10.5 Å². The van der Waals surface area contributed by atoms with Crippen LogP contribution in [0.3, 0.4) is 0 Å². The van der Waals surface area contributed by atoms with Crippen LogP contribution in [0.4, 0.5) is 5.69 Å². The number of hydrogen-bond acceptors (Lipinski definition) is 6. The minimum atomic E-state index is -0.847. The van der Waals surface area contributed by atoms with E-state index in [1.54, 1.807) is 38.4 Å². The van der Waals surface area contributed by atoms with Gasteiger partial charge in [0, 0.05) is 6.20 Å². The van der Waals surface area contributed by atoms with Crippen LogP contribution in [-0.2, 0) is 33.7 Å². The molecule has 34 heavy (non-hydrogen) atoms. The lowest BCUT2D eigenvalue weighted by molar-refractivity contribution is -0.139. The maximum atomic E-state index is 13.0. The number of benzene rings is 2. The molecule has 3 aromatic rings. The number of ether oxygens (including phenoxy) is 2. The van der Waals surface area contributed by atoms with Crippen molar-refractivity contribution in [3.05, 3.63) is 93.4 Å². The van der Waals surface area contributed by atoms with E-state index in [1.807, 2.05) is 36.4 Å². The number of esters is 1. The molecule has 0 unspecified atom stereocenters. The summed E-state index contributed by atoms with van der Waals surface area (Å²) < 4.78 is 11.4. The lowest BCUT2D eigenvalue weighted by Crippen LogP contribution is -2.39. The molecule has 3 rings (SSSR count). The van der Waals surface area contributed by atoms with E-state index in [-0.39, 0.29) is 30.1 Å². The highest BCUT2D eigenvalue weighted by molar-refractivity contribution is 5.95. The Morgan fingerprint density at radius 2 is 1.59 bits per heavy atom. The predicted octanol–water partition coefficient (Wildman–Crippen LogP) is 2.44. The van der Waals surface area contributed by atoms with Crippen molar-refractivity contribution in [2.75, 3.05) is 19.5 Å². The molecule has 0 aliphatic carbocycles. The van der Waals surface area contributed by atoms with Gasteiger partial charge in [0.1, 0.15) is 11.4 Å². The molecule has 3 N–H and O–H groups in total. The number of rotatable bonds is 9. The second kappa shape index (κ2) is 11.3. The zero-order valence-electron chi connectivity index (χ0n) is 19.5. The SMILES string of the molecule is COC(=O)Cc1ccc(C[C@H](N)C(=O)Nc2c(C)ccn(Cc3ccc(OC)cc3)c2=O)cc1. The van der Waals surface area contributed by atoms with Crippen LogP contribution < -0.4 is 21.3 Å². The Labute approximate surface area is 198 Å². The van der Waals surface area contributed by atoms with Crippen molar-refractivity contribution < 1.29 is 19.1 Å². The monoisotopic (exact) mass is 463 g/mol. The number of nitrogens with two attached hydrogens (primary N) is 1. The van der Waals surface area contributed by atoms with Crippen LogP contribution >= 0.6 is 0 Å². The Morgan fingerprint density at radius 1 is 0.971 bits per heavy atom. The summed E-state index contributed by atoms with van der Waals surface area (Å²) in [6.07, 6.45) is 2.17.